The van der Waals surface area contributed by atoms with E-state index < -0.39 is 0 Å². The number of H-pyrrole nitrogens is 1. The van der Waals surface area contributed by atoms with Gasteiger partial charge in [-0.2, -0.15) is 0 Å². The van der Waals surface area contributed by atoms with E-state index in [2.05, 4.69) is 45.0 Å². The maximum atomic E-state index is 6.04. The first-order valence-electron chi connectivity index (χ1n) is 6.07. The number of aromatic nitrogens is 2. The molecule has 0 aliphatic rings. The van der Waals surface area contributed by atoms with Crippen molar-refractivity contribution >= 4 is 32.7 Å². The monoisotopic (exact) mass is 315 g/mol. The van der Waals surface area contributed by atoms with Crippen LogP contribution in [0.25, 0.3) is 22.4 Å². The van der Waals surface area contributed by atoms with E-state index in [1.54, 1.807) is 0 Å². The van der Waals surface area contributed by atoms with Crippen molar-refractivity contribution in [3.05, 3.63) is 45.9 Å². The number of hydrogen-bond acceptors (Lipinski definition) is 2. The Labute approximate surface area is 120 Å². The molecule has 3 rings (SSSR count). The first-order chi connectivity index (χ1) is 9.04. The van der Waals surface area contributed by atoms with Crippen molar-refractivity contribution in [1.29, 1.82) is 0 Å². The Balaban J connectivity index is 2.26. The van der Waals surface area contributed by atoms with E-state index in [4.69, 9.17) is 5.73 Å². The molecule has 3 aromatic rings. The molecule has 0 fully saturated rings. The van der Waals surface area contributed by atoms with Crippen molar-refractivity contribution in [2.75, 3.05) is 5.73 Å². The molecule has 0 saturated heterocycles. The Hall–Kier alpha value is -1.81. The second kappa shape index (κ2) is 4.38. The lowest BCUT2D eigenvalue weighted by atomic mass is 10.1. The summed E-state index contributed by atoms with van der Waals surface area (Å²) in [4.78, 5) is 8.01. The van der Waals surface area contributed by atoms with Gasteiger partial charge in [0.2, 0.25) is 0 Å². The Morgan fingerprint density at radius 2 is 1.95 bits per heavy atom. The van der Waals surface area contributed by atoms with Crippen LogP contribution in [-0.2, 0) is 0 Å². The fourth-order valence-electron chi connectivity index (χ4n) is 2.25. The van der Waals surface area contributed by atoms with Gasteiger partial charge in [0.1, 0.15) is 5.82 Å². The molecule has 0 aliphatic carbocycles. The van der Waals surface area contributed by atoms with Gasteiger partial charge in [-0.15, -0.1) is 0 Å². The summed E-state index contributed by atoms with van der Waals surface area (Å²) in [6, 6.07) is 10.1. The number of aromatic amines is 1. The summed E-state index contributed by atoms with van der Waals surface area (Å²) in [5, 5.41) is 0. The number of nitrogen functional groups attached to an aromatic ring is 1. The highest BCUT2D eigenvalue weighted by Gasteiger charge is 2.10. The minimum Gasteiger partial charge on any atom is -0.398 e. The van der Waals surface area contributed by atoms with Gasteiger partial charge in [-0.25, -0.2) is 4.98 Å². The summed E-state index contributed by atoms with van der Waals surface area (Å²) in [6.45, 7) is 4.10. The van der Waals surface area contributed by atoms with Crippen molar-refractivity contribution in [3.63, 3.8) is 0 Å². The third kappa shape index (κ3) is 2.12. The molecule has 96 valence electrons. The number of aryl methyl sites for hydroxylation is 2. The molecule has 0 bridgehead atoms. The first-order valence-corrected chi connectivity index (χ1v) is 6.86. The molecule has 19 heavy (non-hydrogen) atoms. The standard InChI is InChI=1S/C15H14BrN3/c1-8-3-4-12(17)11(5-8)15-18-13-7-10(16)6-9(2)14(13)19-15/h3-7H,17H2,1-2H3,(H,18,19). The summed E-state index contributed by atoms with van der Waals surface area (Å²) < 4.78 is 1.05. The van der Waals surface area contributed by atoms with Crippen LogP contribution in [0, 0.1) is 13.8 Å². The second-order valence-electron chi connectivity index (χ2n) is 4.79. The second-order valence-corrected chi connectivity index (χ2v) is 5.71. The molecule has 3 N–H and O–H groups in total. The largest absolute Gasteiger partial charge is 0.398 e. The normalized spacial score (nSPS) is 11.1. The molecule has 0 atom stereocenters. The van der Waals surface area contributed by atoms with Gasteiger partial charge >= 0.3 is 0 Å². The van der Waals surface area contributed by atoms with Crippen LogP contribution in [-0.4, -0.2) is 9.97 Å². The average Bonchev–Trinajstić information content (AvgIpc) is 2.76. The number of fused-ring (bicyclic) bond motifs is 1. The van der Waals surface area contributed by atoms with Gasteiger partial charge in [0.15, 0.2) is 0 Å². The zero-order valence-corrected chi connectivity index (χ0v) is 12.4. The van der Waals surface area contributed by atoms with E-state index in [9.17, 15) is 0 Å². The molecule has 4 heteroatoms. The highest BCUT2D eigenvalue weighted by molar-refractivity contribution is 9.10. The Kier molecular flexibility index (Phi) is 2.82. The Morgan fingerprint density at radius 3 is 2.74 bits per heavy atom. The molecule has 0 unspecified atom stereocenters. The number of nitrogens with zero attached hydrogens (tertiary/aromatic N) is 1. The lowest BCUT2D eigenvalue weighted by Gasteiger charge is -2.03. The van der Waals surface area contributed by atoms with Crippen LogP contribution in [0.15, 0.2) is 34.8 Å². The quantitative estimate of drug-likeness (QED) is 0.661. The average molecular weight is 316 g/mol. The number of imidazole rings is 1. The predicted octanol–water partition coefficient (Wildman–Crippen LogP) is 4.19. The Morgan fingerprint density at radius 1 is 1.16 bits per heavy atom. The van der Waals surface area contributed by atoms with Gasteiger partial charge in [0.25, 0.3) is 0 Å². The summed E-state index contributed by atoms with van der Waals surface area (Å²) >= 11 is 3.50. The smallest absolute Gasteiger partial charge is 0.140 e. The molecular weight excluding hydrogens is 302 g/mol. The molecule has 0 radical (unpaired) electrons. The highest BCUT2D eigenvalue weighted by Crippen LogP contribution is 2.29. The lowest BCUT2D eigenvalue weighted by molar-refractivity contribution is 1.32. The van der Waals surface area contributed by atoms with E-state index in [0.717, 1.165) is 38.1 Å². The van der Waals surface area contributed by atoms with E-state index in [1.165, 1.54) is 5.56 Å². The molecule has 1 aromatic heterocycles. The van der Waals surface area contributed by atoms with E-state index in [1.807, 2.05) is 25.1 Å². The number of benzene rings is 2. The van der Waals surface area contributed by atoms with Crippen LogP contribution in [0.3, 0.4) is 0 Å². The zero-order valence-electron chi connectivity index (χ0n) is 10.8. The fourth-order valence-corrected chi connectivity index (χ4v) is 2.82. The molecule has 3 nitrogen and oxygen atoms in total. The predicted molar refractivity (Wildman–Crippen MR) is 83.1 cm³/mol. The number of nitrogens with one attached hydrogen (secondary N) is 1. The zero-order chi connectivity index (χ0) is 13.6. The van der Waals surface area contributed by atoms with Gasteiger partial charge in [-0.05, 0) is 43.7 Å². The van der Waals surface area contributed by atoms with E-state index in [0.29, 0.717) is 0 Å². The molecule has 0 saturated carbocycles. The van der Waals surface area contributed by atoms with Crippen LogP contribution in [0.5, 0.6) is 0 Å². The molecule has 2 aromatic carbocycles. The minimum absolute atomic E-state index is 0.737. The van der Waals surface area contributed by atoms with Gasteiger partial charge in [0.05, 0.1) is 11.0 Å². The minimum atomic E-state index is 0.737. The van der Waals surface area contributed by atoms with Crippen LogP contribution >= 0.6 is 15.9 Å². The lowest BCUT2D eigenvalue weighted by Crippen LogP contribution is -1.91. The van der Waals surface area contributed by atoms with Crippen molar-refractivity contribution in [2.45, 2.75) is 13.8 Å². The van der Waals surface area contributed by atoms with Crippen LogP contribution < -0.4 is 5.73 Å². The summed E-state index contributed by atoms with van der Waals surface area (Å²) in [5.41, 5.74) is 12.0. The van der Waals surface area contributed by atoms with Gasteiger partial charge < -0.3 is 10.7 Å². The first kappa shape index (κ1) is 12.2. The molecule has 0 spiro atoms. The number of rotatable bonds is 1. The van der Waals surface area contributed by atoms with Crippen molar-refractivity contribution < 1.29 is 0 Å². The van der Waals surface area contributed by atoms with Crippen LogP contribution in [0.4, 0.5) is 5.69 Å². The maximum absolute atomic E-state index is 6.04. The molecule has 0 aliphatic heterocycles. The third-order valence-corrected chi connectivity index (χ3v) is 3.66. The summed E-state index contributed by atoms with van der Waals surface area (Å²) in [7, 11) is 0. The number of nitrogens with two attached hydrogens (primary N) is 1. The highest BCUT2D eigenvalue weighted by atomic mass is 79.9. The molecule has 0 amide bonds. The van der Waals surface area contributed by atoms with Crippen molar-refractivity contribution in [1.82, 2.24) is 9.97 Å². The van der Waals surface area contributed by atoms with Gasteiger partial charge in [0, 0.05) is 15.7 Å². The van der Waals surface area contributed by atoms with Crippen LogP contribution in [0.1, 0.15) is 11.1 Å². The fraction of sp³-hybridized carbons (Fsp3) is 0.133. The topological polar surface area (TPSA) is 54.7 Å². The SMILES string of the molecule is Cc1ccc(N)c(-c2nc3c(C)cc(Br)cc3[nH]2)c1. The van der Waals surface area contributed by atoms with Gasteiger partial charge in [-0.3, -0.25) is 0 Å². The van der Waals surface area contributed by atoms with Crippen molar-refractivity contribution in [2.24, 2.45) is 0 Å². The molecular formula is C15H14BrN3. The van der Waals surface area contributed by atoms with Gasteiger partial charge in [-0.1, -0.05) is 27.6 Å². The van der Waals surface area contributed by atoms with E-state index >= 15 is 0 Å². The van der Waals surface area contributed by atoms with Crippen molar-refractivity contribution in [3.8, 4) is 11.4 Å². The maximum Gasteiger partial charge on any atom is 0.140 e. The third-order valence-electron chi connectivity index (χ3n) is 3.21. The Bertz CT molecular complexity index is 774. The van der Waals surface area contributed by atoms with E-state index in [-0.39, 0.29) is 0 Å². The van der Waals surface area contributed by atoms with Crippen LogP contribution in [0.2, 0.25) is 0 Å². The molecule has 1 heterocycles. The summed E-state index contributed by atoms with van der Waals surface area (Å²) in [5.74, 6) is 0.817. The number of hydrogen-bond donors (Lipinski definition) is 2. The number of halogens is 1. The number of anilines is 1. The summed E-state index contributed by atoms with van der Waals surface area (Å²) in [6.07, 6.45) is 0.